The van der Waals surface area contributed by atoms with Crippen LogP contribution >= 0.6 is 11.3 Å². The SMILES string of the molecule is O=C(O)c1csc(-n2nc(/C=C/c3ccc(O)cc3)cc2C(F)(F)C(F)F)n1. The van der Waals surface area contributed by atoms with Crippen LogP contribution in [0.5, 0.6) is 5.75 Å². The number of rotatable bonds is 6. The minimum atomic E-state index is -4.52. The van der Waals surface area contributed by atoms with Crippen molar-refractivity contribution in [3.8, 4) is 10.9 Å². The number of phenols is 1. The highest BCUT2D eigenvalue weighted by Crippen LogP contribution is 2.36. The molecule has 0 aliphatic heterocycles. The van der Waals surface area contributed by atoms with Crippen molar-refractivity contribution in [1.82, 2.24) is 14.8 Å². The first kappa shape index (κ1) is 19.5. The third-order valence-corrected chi connectivity index (χ3v) is 4.39. The summed E-state index contributed by atoms with van der Waals surface area (Å²) in [4.78, 5) is 14.6. The molecule has 0 fully saturated rings. The number of benzene rings is 1. The Balaban J connectivity index is 2.04. The summed E-state index contributed by atoms with van der Waals surface area (Å²) in [5.74, 6) is -5.87. The fourth-order valence-corrected chi connectivity index (χ4v) is 2.96. The number of carbonyl (C=O) groups is 1. The van der Waals surface area contributed by atoms with Crippen LogP contribution in [0.3, 0.4) is 0 Å². The van der Waals surface area contributed by atoms with E-state index in [9.17, 15) is 27.5 Å². The highest BCUT2D eigenvalue weighted by Gasteiger charge is 2.46. The molecule has 0 saturated heterocycles. The second-order valence-corrected chi connectivity index (χ2v) is 6.37. The lowest BCUT2D eigenvalue weighted by Gasteiger charge is -2.15. The molecule has 2 aromatic heterocycles. The van der Waals surface area contributed by atoms with Gasteiger partial charge in [-0.1, -0.05) is 18.2 Å². The van der Waals surface area contributed by atoms with Crippen LogP contribution in [0, 0.1) is 0 Å². The molecule has 1 aromatic carbocycles. The Morgan fingerprint density at radius 1 is 1.21 bits per heavy atom. The van der Waals surface area contributed by atoms with E-state index >= 15 is 0 Å². The molecule has 0 bridgehead atoms. The first-order valence-electron chi connectivity index (χ1n) is 7.61. The van der Waals surface area contributed by atoms with Gasteiger partial charge in [0.1, 0.15) is 11.4 Å². The average Bonchev–Trinajstić information content (AvgIpc) is 3.28. The minimum Gasteiger partial charge on any atom is -0.508 e. The Kier molecular flexibility index (Phi) is 5.18. The fraction of sp³-hybridized carbons (Fsp3) is 0.118. The van der Waals surface area contributed by atoms with Crippen LogP contribution < -0.4 is 0 Å². The van der Waals surface area contributed by atoms with E-state index in [0.29, 0.717) is 21.6 Å². The van der Waals surface area contributed by atoms with Crippen LogP contribution in [0.15, 0.2) is 35.7 Å². The van der Waals surface area contributed by atoms with Gasteiger partial charge in [-0.15, -0.1) is 11.3 Å². The predicted molar refractivity (Wildman–Crippen MR) is 93.1 cm³/mol. The van der Waals surface area contributed by atoms with Gasteiger partial charge in [0.25, 0.3) is 0 Å². The molecule has 28 heavy (non-hydrogen) atoms. The van der Waals surface area contributed by atoms with Crippen LogP contribution in [-0.2, 0) is 5.92 Å². The Bertz CT molecular complexity index is 1030. The van der Waals surface area contributed by atoms with Crippen LogP contribution in [-0.4, -0.2) is 37.4 Å². The molecule has 0 radical (unpaired) electrons. The standard InChI is InChI=1S/C17H11F4N3O3S/c18-15(19)17(20,21)13-7-10(4-1-9-2-5-11(25)6-3-9)23-24(13)16-22-12(8-28-16)14(26)27/h1-8,15,25H,(H,26,27)/b4-1+. The number of halogens is 4. The van der Waals surface area contributed by atoms with Crippen molar-refractivity contribution in [2.75, 3.05) is 0 Å². The van der Waals surface area contributed by atoms with Crippen LogP contribution in [0.2, 0.25) is 0 Å². The highest BCUT2D eigenvalue weighted by molar-refractivity contribution is 7.12. The number of phenolic OH excluding ortho intramolecular Hbond substituents is 1. The summed E-state index contributed by atoms with van der Waals surface area (Å²) < 4.78 is 54.3. The molecular weight excluding hydrogens is 402 g/mol. The smallest absolute Gasteiger partial charge is 0.355 e. The molecule has 3 rings (SSSR count). The zero-order valence-electron chi connectivity index (χ0n) is 13.8. The minimum absolute atomic E-state index is 0.0401. The lowest BCUT2D eigenvalue weighted by atomic mass is 10.2. The van der Waals surface area contributed by atoms with Gasteiger partial charge in [-0.05, 0) is 29.8 Å². The summed E-state index contributed by atoms with van der Waals surface area (Å²) in [6.45, 7) is 0. The Hall–Kier alpha value is -3.21. The van der Waals surface area contributed by atoms with E-state index < -0.39 is 29.7 Å². The number of aromatic carboxylic acids is 1. The summed E-state index contributed by atoms with van der Waals surface area (Å²) in [5.41, 5.74) is -0.977. The molecule has 0 unspecified atom stereocenters. The molecule has 6 nitrogen and oxygen atoms in total. The Morgan fingerprint density at radius 3 is 2.46 bits per heavy atom. The Morgan fingerprint density at radius 2 is 1.89 bits per heavy atom. The van der Waals surface area contributed by atoms with Gasteiger partial charge in [0.15, 0.2) is 5.69 Å². The topological polar surface area (TPSA) is 88.2 Å². The van der Waals surface area contributed by atoms with Crippen LogP contribution in [0.1, 0.15) is 27.4 Å². The monoisotopic (exact) mass is 413 g/mol. The van der Waals surface area contributed by atoms with Gasteiger partial charge in [-0.25, -0.2) is 23.2 Å². The third kappa shape index (κ3) is 3.88. The highest BCUT2D eigenvalue weighted by atomic mass is 32.1. The number of carboxylic acids is 1. The summed E-state index contributed by atoms with van der Waals surface area (Å²) in [7, 11) is 0. The average molecular weight is 413 g/mol. The maximum absolute atomic E-state index is 14.0. The molecule has 0 amide bonds. The molecule has 11 heteroatoms. The molecule has 3 aromatic rings. The molecule has 0 saturated carbocycles. The van der Waals surface area contributed by atoms with Crippen molar-refractivity contribution in [2.24, 2.45) is 0 Å². The Labute approximate surface area is 159 Å². The van der Waals surface area contributed by atoms with Crippen molar-refractivity contribution in [3.05, 3.63) is 58.4 Å². The fourth-order valence-electron chi connectivity index (χ4n) is 2.20. The van der Waals surface area contributed by atoms with E-state index in [4.69, 9.17) is 5.11 Å². The van der Waals surface area contributed by atoms with E-state index in [1.165, 1.54) is 24.3 Å². The predicted octanol–water partition coefficient (Wildman–Crippen LogP) is 4.26. The molecule has 2 heterocycles. The van der Waals surface area contributed by atoms with E-state index in [1.807, 2.05) is 0 Å². The van der Waals surface area contributed by atoms with Gasteiger partial charge in [-0.3, -0.25) is 0 Å². The number of thiazole rings is 1. The molecule has 0 spiro atoms. The van der Waals surface area contributed by atoms with Crippen LogP contribution in [0.25, 0.3) is 17.3 Å². The zero-order valence-corrected chi connectivity index (χ0v) is 14.6. The summed E-state index contributed by atoms with van der Waals surface area (Å²) in [5, 5.41) is 22.8. The summed E-state index contributed by atoms with van der Waals surface area (Å²) in [6.07, 6.45) is -1.18. The number of hydrogen-bond donors (Lipinski definition) is 2. The van der Waals surface area contributed by atoms with Crippen molar-refractivity contribution in [3.63, 3.8) is 0 Å². The van der Waals surface area contributed by atoms with Crippen molar-refractivity contribution in [1.29, 1.82) is 0 Å². The number of carboxylic acid groups (broad SMARTS) is 1. The number of aromatic hydroxyl groups is 1. The van der Waals surface area contributed by atoms with E-state index in [0.717, 1.165) is 11.4 Å². The molecule has 0 aliphatic rings. The molecule has 2 N–H and O–H groups in total. The zero-order chi connectivity index (χ0) is 20.5. The van der Waals surface area contributed by atoms with E-state index in [1.54, 1.807) is 12.1 Å². The van der Waals surface area contributed by atoms with E-state index in [2.05, 4.69) is 10.1 Å². The quantitative estimate of drug-likeness (QED) is 0.590. The molecule has 146 valence electrons. The summed E-state index contributed by atoms with van der Waals surface area (Å²) >= 11 is 0.681. The first-order valence-corrected chi connectivity index (χ1v) is 8.49. The van der Waals surface area contributed by atoms with Crippen molar-refractivity contribution in [2.45, 2.75) is 12.3 Å². The van der Waals surface area contributed by atoms with Crippen LogP contribution in [0.4, 0.5) is 17.6 Å². The maximum atomic E-state index is 14.0. The van der Waals surface area contributed by atoms with E-state index in [-0.39, 0.29) is 16.6 Å². The normalized spacial score (nSPS) is 12.2. The van der Waals surface area contributed by atoms with Gasteiger partial charge in [0, 0.05) is 5.38 Å². The van der Waals surface area contributed by atoms with Gasteiger partial charge in [0.05, 0.1) is 5.69 Å². The lowest BCUT2D eigenvalue weighted by molar-refractivity contribution is -0.139. The first-order chi connectivity index (χ1) is 13.2. The summed E-state index contributed by atoms with van der Waals surface area (Å²) in [6, 6.07) is 6.72. The lowest BCUT2D eigenvalue weighted by Crippen LogP contribution is -2.27. The largest absolute Gasteiger partial charge is 0.508 e. The third-order valence-electron chi connectivity index (χ3n) is 3.58. The second-order valence-electron chi connectivity index (χ2n) is 5.54. The van der Waals surface area contributed by atoms with Gasteiger partial charge in [0.2, 0.25) is 5.13 Å². The van der Waals surface area contributed by atoms with Gasteiger partial charge < -0.3 is 10.2 Å². The molecule has 0 atom stereocenters. The van der Waals surface area contributed by atoms with Gasteiger partial charge >= 0.3 is 18.3 Å². The van der Waals surface area contributed by atoms with Crippen molar-refractivity contribution < 1.29 is 32.6 Å². The second kappa shape index (κ2) is 7.43. The number of nitrogens with zero attached hydrogens (tertiary/aromatic N) is 3. The molecular formula is C17H11F4N3O3S. The number of hydrogen-bond acceptors (Lipinski definition) is 5. The molecule has 0 aliphatic carbocycles. The number of aromatic nitrogens is 3. The maximum Gasteiger partial charge on any atom is 0.355 e. The van der Waals surface area contributed by atoms with Gasteiger partial charge in [-0.2, -0.15) is 13.9 Å². The number of alkyl halides is 4. The van der Waals surface area contributed by atoms with Crippen molar-refractivity contribution >= 4 is 29.5 Å².